The minimum atomic E-state index is -0.767. The van der Waals surface area contributed by atoms with Gasteiger partial charge >= 0.3 is 5.97 Å². The third kappa shape index (κ3) is 4.30. The Labute approximate surface area is 199 Å². The van der Waals surface area contributed by atoms with Crippen LogP contribution in [0, 0.1) is 5.92 Å². The molecule has 0 N–H and O–H groups in total. The molecule has 0 saturated heterocycles. The van der Waals surface area contributed by atoms with Crippen LogP contribution in [0.1, 0.15) is 43.2 Å². The summed E-state index contributed by atoms with van der Waals surface area (Å²) in [4.78, 5) is 31.4. The normalized spacial score (nSPS) is 19.8. The van der Waals surface area contributed by atoms with E-state index in [-0.39, 0.29) is 12.4 Å². The monoisotopic (exact) mass is 463 g/mol. The summed E-state index contributed by atoms with van der Waals surface area (Å²) in [5.74, 6) is -0.472. The summed E-state index contributed by atoms with van der Waals surface area (Å²) in [6, 6.07) is 13.1. The summed E-state index contributed by atoms with van der Waals surface area (Å²) in [6.45, 7) is 1.95. The lowest BCUT2D eigenvalue weighted by molar-refractivity contribution is -0.148. The number of rotatable bonds is 7. The average molecular weight is 464 g/mol. The van der Waals surface area contributed by atoms with Crippen LogP contribution in [0.3, 0.4) is 0 Å². The quantitative estimate of drug-likeness (QED) is 0.557. The first kappa shape index (κ1) is 23.5. The maximum absolute atomic E-state index is 13.5. The van der Waals surface area contributed by atoms with Crippen LogP contribution in [0.15, 0.2) is 58.7 Å². The van der Waals surface area contributed by atoms with E-state index in [0.29, 0.717) is 46.9 Å². The van der Waals surface area contributed by atoms with Crippen LogP contribution in [0.25, 0.3) is 0 Å². The van der Waals surface area contributed by atoms with Gasteiger partial charge in [-0.15, -0.1) is 0 Å². The van der Waals surface area contributed by atoms with Crippen LogP contribution >= 0.6 is 0 Å². The standard InChI is InChI=1S/C27H29NO6/c1-16-22(27(30)34-15-17-9-6-5-7-10-17)23(24-19(28-16)11-8-12-20(24)29)18-13-14-21(31-2)26(33-4)25(18)32-3/h5-7,9-10,13-14,22-23H,8,11-12,15H2,1-4H3/t22?,23-/m0/s1. The molecule has 1 aliphatic heterocycles. The maximum atomic E-state index is 13.5. The summed E-state index contributed by atoms with van der Waals surface area (Å²) < 4.78 is 22.5. The molecule has 178 valence electrons. The zero-order chi connectivity index (χ0) is 24.2. The van der Waals surface area contributed by atoms with Crippen LogP contribution in [0.4, 0.5) is 0 Å². The lowest BCUT2D eigenvalue weighted by Crippen LogP contribution is -2.37. The Morgan fingerprint density at radius 1 is 0.971 bits per heavy atom. The van der Waals surface area contributed by atoms with Crippen molar-refractivity contribution in [3.8, 4) is 17.2 Å². The lowest BCUT2D eigenvalue weighted by atomic mass is 9.71. The fraction of sp³-hybridized carbons (Fsp3) is 0.370. The highest BCUT2D eigenvalue weighted by atomic mass is 16.5. The highest BCUT2D eigenvalue weighted by Gasteiger charge is 2.45. The highest BCUT2D eigenvalue weighted by molar-refractivity contribution is 6.09. The number of ether oxygens (including phenoxy) is 4. The van der Waals surface area contributed by atoms with Crippen molar-refractivity contribution in [3.05, 3.63) is 64.9 Å². The first-order valence-electron chi connectivity index (χ1n) is 11.3. The Kier molecular flexibility index (Phi) is 7.01. The molecular weight excluding hydrogens is 434 g/mol. The third-order valence-corrected chi connectivity index (χ3v) is 6.38. The van der Waals surface area contributed by atoms with E-state index in [4.69, 9.17) is 23.9 Å². The lowest BCUT2D eigenvalue weighted by Gasteiger charge is -2.35. The minimum absolute atomic E-state index is 0.000183. The molecule has 0 spiro atoms. The number of esters is 1. The summed E-state index contributed by atoms with van der Waals surface area (Å²) in [7, 11) is 4.61. The highest BCUT2D eigenvalue weighted by Crippen LogP contribution is 2.50. The topological polar surface area (TPSA) is 83.4 Å². The number of methoxy groups -OCH3 is 3. The molecule has 2 aromatic carbocycles. The van der Waals surface area contributed by atoms with Gasteiger partial charge in [0, 0.05) is 34.9 Å². The van der Waals surface area contributed by atoms with Gasteiger partial charge in [-0.25, -0.2) is 0 Å². The van der Waals surface area contributed by atoms with Crippen LogP contribution < -0.4 is 14.2 Å². The second kappa shape index (κ2) is 10.1. The van der Waals surface area contributed by atoms with Gasteiger partial charge in [-0.3, -0.25) is 14.6 Å². The van der Waals surface area contributed by atoms with Gasteiger partial charge in [-0.1, -0.05) is 36.4 Å². The second-order valence-corrected chi connectivity index (χ2v) is 8.36. The molecule has 0 aromatic heterocycles. The van der Waals surface area contributed by atoms with Gasteiger partial charge in [-0.2, -0.15) is 0 Å². The molecule has 2 atom stereocenters. The number of aliphatic imine (C=N–C) groups is 1. The Morgan fingerprint density at radius 2 is 1.71 bits per heavy atom. The molecule has 7 nitrogen and oxygen atoms in total. The molecule has 0 bridgehead atoms. The zero-order valence-corrected chi connectivity index (χ0v) is 19.9. The van der Waals surface area contributed by atoms with Gasteiger partial charge in [0.25, 0.3) is 0 Å². The van der Waals surface area contributed by atoms with E-state index in [1.54, 1.807) is 13.2 Å². The number of benzene rings is 2. The number of ketones is 1. The van der Waals surface area contributed by atoms with Crippen molar-refractivity contribution in [2.24, 2.45) is 10.9 Å². The minimum Gasteiger partial charge on any atom is -0.493 e. The predicted octanol–water partition coefficient (Wildman–Crippen LogP) is 4.64. The van der Waals surface area contributed by atoms with Crippen molar-refractivity contribution in [1.29, 1.82) is 0 Å². The molecule has 34 heavy (non-hydrogen) atoms. The Balaban J connectivity index is 1.81. The van der Waals surface area contributed by atoms with Crippen molar-refractivity contribution >= 4 is 17.5 Å². The van der Waals surface area contributed by atoms with Crippen LogP contribution in [-0.4, -0.2) is 38.8 Å². The molecule has 1 heterocycles. The van der Waals surface area contributed by atoms with Crippen molar-refractivity contribution in [1.82, 2.24) is 0 Å². The summed E-state index contributed by atoms with van der Waals surface area (Å²) >= 11 is 0. The summed E-state index contributed by atoms with van der Waals surface area (Å²) in [5, 5.41) is 0. The van der Waals surface area contributed by atoms with E-state index in [0.717, 1.165) is 17.7 Å². The van der Waals surface area contributed by atoms with E-state index in [1.165, 1.54) is 14.2 Å². The number of nitrogens with zero attached hydrogens (tertiary/aromatic N) is 1. The Hall–Kier alpha value is -3.61. The number of carbonyl (C=O) groups is 2. The number of hydrogen-bond donors (Lipinski definition) is 0. The molecule has 0 fully saturated rings. The number of carbonyl (C=O) groups excluding carboxylic acids is 2. The molecule has 0 amide bonds. The van der Waals surface area contributed by atoms with Gasteiger partial charge < -0.3 is 18.9 Å². The van der Waals surface area contributed by atoms with Gasteiger partial charge in [0.2, 0.25) is 5.75 Å². The van der Waals surface area contributed by atoms with E-state index in [9.17, 15) is 9.59 Å². The van der Waals surface area contributed by atoms with Crippen molar-refractivity contribution in [2.45, 2.75) is 38.7 Å². The summed E-state index contributed by atoms with van der Waals surface area (Å²) in [5.41, 5.74) is 3.47. The number of hydrogen-bond acceptors (Lipinski definition) is 7. The molecule has 1 unspecified atom stereocenters. The molecule has 7 heteroatoms. The molecule has 2 aromatic rings. The van der Waals surface area contributed by atoms with Crippen LogP contribution in [0.5, 0.6) is 17.2 Å². The van der Waals surface area contributed by atoms with Crippen LogP contribution in [-0.2, 0) is 20.9 Å². The molecule has 0 radical (unpaired) electrons. The van der Waals surface area contributed by atoms with Gasteiger partial charge in [0.15, 0.2) is 17.3 Å². The van der Waals surface area contributed by atoms with E-state index >= 15 is 0 Å². The molecule has 4 rings (SSSR count). The van der Waals surface area contributed by atoms with E-state index < -0.39 is 17.8 Å². The Bertz CT molecular complexity index is 1150. The maximum Gasteiger partial charge on any atom is 0.315 e. The van der Waals surface area contributed by atoms with E-state index in [1.807, 2.05) is 43.3 Å². The molecule has 0 saturated carbocycles. The van der Waals surface area contributed by atoms with Gasteiger partial charge in [-0.05, 0) is 31.4 Å². The molecule has 1 aliphatic carbocycles. The zero-order valence-electron chi connectivity index (χ0n) is 19.9. The molecule has 2 aliphatic rings. The number of Topliss-reactive ketones (excluding diaryl/α,β-unsaturated/α-hetero) is 1. The largest absolute Gasteiger partial charge is 0.493 e. The van der Waals surface area contributed by atoms with Crippen LogP contribution in [0.2, 0.25) is 0 Å². The van der Waals surface area contributed by atoms with Crippen molar-refractivity contribution in [3.63, 3.8) is 0 Å². The Morgan fingerprint density at radius 3 is 2.38 bits per heavy atom. The summed E-state index contributed by atoms with van der Waals surface area (Å²) in [6.07, 6.45) is 1.86. The second-order valence-electron chi connectivity index (χ2n) is 8.36. The smallest absolute Gasteiger partial charge is 0.315 e. The fourth-order valence-corrected chi connectivity index (χ4v) is 4.84. The predicted molar refractivity (Wildman–Crippen MR) is 128 cm³/mol. The van der Waals surface area contributed by atoms with E-state index in [2.05, 4.69) is 0 Å². The first-order valence-corrected chi connectivity index (χ1v) is 11.3. The third-order valence-electron chi connectivity index (χ3n) is 6.38. The fourth-order valence-electron chi connectivity index (χ4n) is 4.84. The van der Waals surface area contributed by atoms with Crippen molar-refractivity contribution in [2.75, 3.05) is 21.3 Å². The number of allylic oxidation sites excluding steroid dienone is 2. The average Bonchev–Trinajstić information content (AvgIpc) is 2.86. The van der Waals surface area contributed by atoms with Crippen molar-refractivity contribution < 1.29 is 28.5 Å². The first-order chi connectivity index (χ1) is 16.5. The van der Waals surface area contributed by atoms with Gasteiger partial charge in [0.1, 0.15) is 12.5 Å². The molecular formula is C27H29NO6. The SMILES string of the molecule is COc1ccc([C@@H]2C3=C(CCCC3=O)N=C(C)C2C(=O)OCc2ccccc2)c(OC)c1OC. The van der Waals surface area contributed by atoms with Gasteiger partial charge in [0.05, 0.1) is 21.3 Å².